The molecular formula is C14H15N5O3. The Labute approximate surface area is 126 Å². The minimum atomic E-state index is -1.05. The van der Waals surface area contributed by atoms with E-state index in [0.717, 1.165) is 17.7 Å². The molecule has 0 aliphatic carbocycles. The number of hydrogen-bond donors (Lipinski definition) is 2. The molecule has 1 atom stereocenters. The molecule has 0 radical (unpaired) electrons. The van der Waals surface area contributed by atoms with Gasteiger partial charge in [0.25, 0.3) is 0 Å². The fourth-order valence-corrected chi connectivity index (χ4v) is 2.20. The summed E-state index contributed by atoms with van der Waals surface area (Å²) in [6, 6.07) is 7.08. The second-order valence-electron chi connectivity index (χ2n) is 4.82. The summed E-state index contributed by atoms with van der Waals surface area (Å²) < 4.78 is 7.08. The van der Waals surface area contributed by atoms with Gasteiger partial charge in [0.15, 0.2) is 0 Å². The maximum atomic E-state index is 11.2. The Morgan fingerprint density at radius 1 is 1.41 bits per heavy atom. The van der Waals surface area contributed by atoms with Gasteiger partial charge < -0.3 is 15.2 Å². The van der Waals surface area contributed by atoms with Crippen LogP contribution in [0.4, 0.5) is 5.95 Å². The molecule has 8 heteroatoms. The van der Waals surface area contributed by atoms with Crippen LogP contribution >= 0.6 is 0 Å². The van der Waals surface area contributed by atoms with Crippen molar-refractivity contribution in [3.05, 3.63) is 41.6 Å². The molecule has 0 saturated carbocycles. The Kier molecular flexibility index (Phi) is 3.73. The van der Waals surface area contributed by atoms with E-state index in [9.17, 15) is 9.90 Å². The molecule has 2 N–H and O–H groups in total. The lowest BCUT2D eigenvalue weighted by Gasteiger charge is -2.21. The van der Waals surface area contributed by atoms with Crippen molar-refractivity contribution in [1.82, 2.24) is 20.2 Å². The van der Waals surface area contributed by atoms with Crippen LogP contribution in [0.1, 0.15) is 24.9 Å². The summed E-state index contributed by atoms with van der Waals surface area (Å²) in [5.74, 6) is 0.0252. The van der Waals surface area contributed by atoms with Gasteiger partial charge in [-0.1, -0.05) is 24.2 Å². The molecule has 8 nitrogen and oxygen atoms in total. The van der Waals surface area contributed by atoms with Crippen LogP contribution in [0.15, 0.2) is 36.0 Å². The van der Waals surface area contributed by atoms with Gasteiger partial charge >= 0.3 is 5.97 Å². The lowest BCUT2D eigenvalue weighted by atomic mass is 10.0. The molecule has 1 aromatic heterocycles. The number of nitrogens with zero attached hydrogens (tertiary/aromatic N) is 4. The van der Waals surface area contributed by atoms with E-state index in [1.165, 1.54) is 4.68 Å². The number of allylic oxidation sites excluding steroid dienone is 1. The van der Waals surface area contributed by atoms with Gasteiger partial charge in [0.2, 0.25) is 5.95 Å². The molecule has 0 saturated heterocycles. The number of tetrazole rings is 1. The third kappa shape index (κ3) is 2.62. The van der Waals surface area contributed by atoms with Gasteiger partial charge in [-0.2, -0.15) is 4.68 Å². The average Bonchev–Trinajstić information content (AvgIpc) is 3.01. The van der Waals surface area contributed by atoms with Gasteiger partial charge in [-0.25, -0.2) is 4.79 Å². The van der Waals surface area contributed by atoms with Crippen molar-refractivity contribution in [1.29, 1.82) is 0 Å². The van der Waals surface area contributed by atoms with Crippen molar-refractivity contribution < 1.29 is 14.6 Å². The summed E-state index contributed by atoms with van der Waals surface area (Å²) in [5, 5.41) is 23.1. The van der Waals surface area contributed by atoms with Gasteiger partial charge in [0.1, 0.15) is 17.5 Å². The Morgan fingerprint density at radius 3 is 2.86 bits per heavy atom. The molecule has 1 aliphatic heterocycles. The molecule has 1 unspecified atom stereocenters. The minimum absolute atomic E-state index is 0.0543. The first-order chi connectivity index (χ1) is 10.7. The molecule has 0 bridgehead atoms. The largest absolute Gasteiger partial charge is 0.494 e. The van der Waals surface area contributed by atoms with Crippen molar-refractivity contribution in [2.45, 2.75) is 19.4 Å². The summed E-state index contributed by atoms with van der Waals surface area (Å²) in [7, 11) is 0. The first-order valence-electron chi connectivity index (χ1n) is 6.92. The van der Waals surface area contributed by atoms with Crippen LogP contribution in [0, 0.1) is 0 Å². The highest BCUT2D eigenvalue weighted by Gasteiger charge is 2.26. The lowest BCUT2D eigenvalue weighted by Crippen LogP contribution is -2.24. The molecule has 0 fully saturated rings. The second kappa shape index (κ2) is 5.84. The van der Waals surface area contributed by atoms with E-state index >= 15 is 0 Å². The van der Waals surface area contributed by atoms with Crippen LogP contribution in [0.5, 0.6) is 5.75 Å². The molecule has 22 heavy (non-hydrogen) atoms. The van der Waals surface area contributed by atoms with Crippen molar-refractivity contribution in [2.24, 2.45) is 0 Å². The number of carboxylic acids is 1. The molecular weight excluding hydrogens is 286 g/mol. The van der Waals surface area contributed by atoms with Crippen LogP contribution in [0.25, 0.3) is 0 Å². The predicted molar refractivity (Wildman–Crippen MR) is 77.5 cm³/mol. The van der Waals surface area contributed by atoms with E-state index < -0.39 is 5.97 Å². The monoisotopic (exact) mass is 301 g/mol. The second-order valence-corrected chi connectivity index (χ2v) is 4.82. The highest BCUT2D eigenvalue weighted by atomic mass is 16.5. The molecule has 1 aliphatic rings. The van der Waals surface area contributed by atoms with Crippen LogP contribution in [-0.4, -0.2) is 37.9 Å². The third-order valence-electron chi connectivity index (χ3n) is 3.25. The molecule has 2 heterocycles. The summed E-state index contributed by atoms with van der Waals surface area (Å²) in [4.78, 5) is 11.2. The predicted octanol–water partition coefficient (Wildman–Crippen LogP) is 1.45. The molecule has 114 valence electrons. The Hall–Kier alpha value is -2.90. The summed E-state index contributed by atoms with van der Waals surface area (Å²) in [5.41, 5.74) is 0.927. The van der Waals surface area contributed by atoms with Crippen LogP contribution in [-0.2, 0) is 4.79 Å². The Balaban J connectivity index is 1.91. The van der Waals surface area contributed by atoms with E-state index in [0.29, 0.717) is 12.6 Å². The van der Waals surface area contributed by atoms with E-state index in [-0.39, 0.29) is 11.7 Å². The van der Waals surface area contributed by atoms with Crippen molar-refractivity contribution in [2.75, 3.05) is 11.9 Å². The topological polar surface area (TPSA) is 102 Å². The molecule has 1 aromatic carbocycles. The van der Waals surface area contributed by atoms with Gasteiger partial charge in [-0.05, 0) is 40.6 Å². The van der Waals surface area contributed by atoms with Gasteiger partial charge in [0, 0.05) is 0 Å². The molecule has 0 spiro atoms. The van der Waals surface area contributed by atoms with Gasteiger partial charge in [-0.15, -0.1) is 0 Å². The minimum Gasteiger partial charge on any atom is -0.494 e. The molecule has 0 amide bonds. The number of rotatable bonds is 5. The number of aromatic nitrogens is 4. The van der Waals surface area contributed by atoms with Crippen molar-refractivity contribution in [3.8, 4) is 5.75 Å². The number of ether oxygens (including phenoxy) is 1. The summed E-state index contributed by atoms with van der Waals surface area (Å²) in [6.45, 7) is 2.70. The van der Waals surface area contributed by atoms with E-state index in [4.69, 9.17) is 4.74 Å². The maximum absolute atomic E-state index is 11.2. The smallest absolute Gasteiger partial charge is 0.352 e. The average molecular weight is 301 g/mol. The van der Waals surface area contributed by atoms with Crippen molar-refractivity contribution >= 4 is 11.9 Å². The number of carboxylic acid groups (broad SMARTS) is 1. The zero-order chi connectivity index (χ0) is 15.5. The number of nitrogens with one attached hydrogen (secondary N) is 1. The van der Waals surface area contributed by atoms with Gasteiger partial charge in [-0.3, -0.25) is 0 Å². The van der Waals surface area contributed by atoms with Crippen LogP contribution in [0.2, 0.25) is 0 Å². The van der Waals surface area contributed by atoms with Crippen LogP contribution < -0.4 is 10.1 Å². The first-order valence-corrected chi connectivity index (χ1v) is 6.92. The van der Waals surface area contributed by atoms with Gasteiger partial charge in [0.05, 0.1) is 6.61 Å². The number of benzene rings is 1. The third-order valence-corrected chi connectivity index (χ3v) is 3.25. The number of aliphatic carboxylic acids is 1. The van der Waals surface area contributed by atoms with Crippen molar-refractivity contribution in [3.63, 3.8) is 0 Å². The number of hydrogen-bond acceptors (Lipinski definition) is 6. The maximum Gasteiger partial charge on any atom is 0.352 e. The number of anilines is 1. The quantitative estimate of drug-likeness (QED) is 0.861. The molecule has 2 aromatic rings. The summed E-state index contributed by atoms with van der Waals surface area (Å²) >= 11 is 0. The van der Waals surface area contributed by atoms with E-state index in [2.05, 4.69) is 20.8 Å². The normalized spacial score (nSPS) is 16.4. The number of fused-ring (bicyclic) bond motifs is 1. The van der Waals surface area contributed by atoms with E-state index in [1.807, 2.05) is 31.2 Å². The van der Waals surface area contributed by atoms with E-state index in [1.54, 1.807) is 6.08 Å². The first kappa shape index (κ1) is 14.1. The molecule has 3 rings (SSSR count). The highest BCUT2D eigenvalue weighted by molar-refractivity contribution is 5.90. The Morgan fingerprint density at radius 2 is 2.18 bits per heavy atom. The fourth-order valence-electron chi connectivity index (χ4n) is 2.20. The Bertz CT molecular complexity index is 708. The highest BCUT2D eigenvalue weighted by Crippen LogP contribution is 2.28. The zero-order valence-electron chi connectivity index (χ0n) is 11.9. The summed E-state index contributed by atoms with van der Waals surface area (Å²) in [6.07, 6.45) is 2.52. The van der Waals surface area contributed by atoms with Crippen LogP contribution in [0.3, 0.4) is 0 Å². The lowest BCUT2D eigenvalue weighted by molar-refractivity contribution is -0.132. The number of carbonyl (C=O) groups is 1. The zero-order valence-corrected chi connectivity index (χ0v) is 11.9. The standard InChI is InChI=1S/C14H15N5O3/c1-2-7-22-10-5-3-9(4-6-10)12-8-11(13(20)21)15-14-16-17-18-19(12)14/h3-6,8,12H,2,7H2,1H3,(H,20,21)(H,15,16,18). The fraction of sp³-hybridized carbons (Fsp3) is 0.286. The SMILES string of the molecule is CCCOc1ccc(C2C=C(C(=O)O)Nc3nnnn32)cc1.